The smallest absolute Gasteiger partial charge is 0.0626 e. The van der Waals surface area contributed by atoms with Gasteiger partial charge in [-0.3, -0.25) is 15.0 Å². The predicted molar refractivity (Wildman–Crippen MR) is 82.7 cm³/mol. The van der Waals surface area contributed by atoms with E-state index in [9.17, 15) is 10.4 Å². The maximum Gasteiger partial charge on any atom is 0.0626 e. The van der Waals surface area contributed by atoms with E-state index in [1.165, 1.54) is 25.8 Å². The Bertz CT molecular complexity index is 352. The highest BCUT2D eigenvalue weighted by atomic mass is 16.8. The summed E-state index contributed by atoms with van der Waals surface area (Å²) in [6.07, 6.45) is 7.33. The summed E-state index contributed by atoms with van der Waals surface area (Å²) in [4.78, 5) is 5.24. The van der Waals surface area contributed by atoms with Crippen LogP contribution in [-0.4, -0.2) is 58.1 Å². The van der Waals surface area contributed by atoms with Crippen molar-refractivity contribution >= 4 is 0 Å². The van der Waals surface area contributed by atoms with Crippen molar-refractivity contribution in [2.75, 3.05) is 19.6 Å². The average molecular weight is 296 g/mol. The Kier molecular flexibility index (Phi) is 4.86. The SMILES string of the molecule is CC1CCC2N(C1)CC(C)N2CC1CCCCC1N([O-])O. The quantitative estimate of drug-likeness (QED) is 0.811. The van der Waals surface area contributed by atoms with Gasteiger partial charge in [-0.2, -0.15) is 0 Å². The van der Waals surface area contributed by atoms with E-state index in [2.05, 4.69) is 23.6 Å². The molecule has 0 amide bonds. The van der Waals surface area contributed by atoms with Crippen LogP contribution in [0.4, 0.5) is 0 Å². The molecule has 5 unspecified atom stereocenters. The van der Waals surface area contributed by atoms with Crippen LogP contribution >= 0.6 is 0 Å². The highest BCUT2D eigenvalue weighted by Crippen LogP contribution is 2.35. The van der Waals surface area contributed by atoms with Crippen molar-refractivity contribution in [2.24, 2.45) is 11.8 Å². The monoisotopic (exact) mass is 296 g/mol. The molecule has 2 saturated heterocycles. The fourth-order valence-electron chi connectivity index (χ4n) is 4.80. The minimum atomic E-state index is -0.192. The van der Waals surface area contributed by atoms with Gasteiger partial charge in [-0.05, 0) is 44.4 Å². The number of hydrogen-bond donors (Lipinski definition) is 1. The molecule has 122 valence electrons. The number of fused-ring (bicyclic) bond motifs is 1. The largest absolute Gasteiger partial charge is 0.762 e. The van der Waals surface area contributed by atoms with Crippen molar-refractivity contribution in [2.45, 2.75) is 70.6 Å². The lowest BCUT2D eigenvalue weighted by Gasteiger charge is -2.44. The number of piperidine rings is 1. The molecule has 3 aliphatic rings. The Morgan fingerprint density at radius 1 is 1.10 bits per heavy atom. The number of hydrogen-bond acceptors (Lipinski definition) is 5. The van der Waals surface area contributed by atoms with E-state index in [1.54, 1.807) is 0 Å². The van der Waals surface area contributed by atoms with Gasteiger partial charge >= 0.3 is 0 Å². The van der Waals surface area contributed by atoms with Crippen LogP contribution in [-0.2, 0) is 0 Å². The summed E-state index contributed by atoms with van der Waals surface area (Å²) in [7, 11) is 0. The van der Waals surface area contributed by atoms with Crippen LogP contribution in [0.5, 0.6) is 0 Å². The Hall–Kier alpha value is -0.200. The zero-order valence-corrected chi connectivity index (χ0v) is 13.4. The Balaban J connectivity index is 1.65. The van der Waals surface area contributed by atoms with Crippen molar-refractivity contribution < 1.29 is 5.21 Å². The lowest BCUT2D eigenvalue weighted by atomic mass is 9.84. The van der Waals surface area contributed by atoms with Gasteiger partial charge in [0, 0.05) is 31.7 Å². The first-order chi connectivity index (χ1) is 10.1. The van der Waals surface area contributed by atoms with Crippen molar-refractivity contribution in [3.63, 3.8) is 0 Å². The molecule has 5 nitrogen and oxygen atoms in total. The Labute approximate surface area is 128 Å². The maximum atomic E-state index is 11.4. The summed E-state index contributed by atoms with van der Waals surface area (Å²) in [5.41, 5.74) is 0. The normalized spacial score (nSPS) is 42.4. The molecule has 21 heavy (non-hydrogen) atoms. The van der Waals surface area contributed by atoms with Gasteiger partial charge in [0.2, 0.25) is 0 Å². The fraction of sp³-hybridized carbons (Fsp3) is 1.00. The molecule has 0 aromatic heterocycles. The highest BCUT2D eigenvalue weighted by Gasteiger charge is 2.41. The van der Waals surface area contributed by atoms with Crippen molar-refractivity contribution in [1.29, 1.82) is 0 Å². The van der Waals surface area contributed by atoms with E-state index < -0.39 is 0 Å². The van der Waals surface area contributed by atoms with Gasteiger partial charge in [0.15, 0.2) is 0 Å². The van der Waals surface area contributed by atoms with E-state index in [0.717, 1.165) is 38.3 Å². The van der Waals surface area contributed by atoms with E-state index in [-0.39, 0.29) is 11.3 Å². The fourth-order valence-corrected chi connectivity index (χ4v) is 4.80. The molecular formula is C16H30N3O2-. The molecule has 0 aromatic rings. The van der Waals surface area contributed by atoms with Crippen LogP contribution < -0.4 is 0 Å². The number of nitrogens with zero attached hydrogens (tertiary/aromatic N) is 3. The number of rotatable bonds is 3. The number of hydroxylamine groups is 2. The zero-order valence-electron chi connectivity index (χ0n) is 13.4. The van der Waals surface area contributed by atoms with Gasteiger partial charge in [-0.1, -0.05) is 19.8 Å². The van der Waals surface area contributed by atoms with Crippen LogP contribution in [0, 0.1) is 17.0 Å². The van der Waals surface area contributed by atoms with Crippen molar-refractivity contribution in [1.82, 2.24) is 15.0 Å². The molecule has 3 rings (SSSR count). The van der Waals surface area contributed by atoms with Crippen molar-refractivity contribution in [3.8, 4) is 0 Å². The third-order valence-corrected chi connectivity index (χ3v) is 5.93. The molecule has 2 heterocycles. The van der Waals surface area contributed by atoms with E-state index in [0.29, 0.717) is 18.1 Å². The molecule has 0 spiro atoms. The van der Waals surface area contributed by atoms with Crippen LogP contribution in [0.15, 0.2) is 0 Å². The van der Waals surface area contributed by atoms with Gasteiger partial charge in [0.1, 0.15) is 0 Å². The lowest BCUT2D eigenvalue weighted by molar-refractivity contribution is -0.112. The molecule has 1 N–H and O–H groups in total. The van der Waals surface area contributed by atoms with Crippen LogP contribution in [0.25, 0.3) is 0 Å². The second kappa shape index (κ2) is 6.50. The minimum Gasteiger partial charge on any atom is -0.762 e. The lowest BCUT2D eigenvalue weighted by Crippen LogP contribution is -2.49. The second-order valence-electron chi connectivity index (χ2n) is 7.58. The first kappa shape index (κ1) is 15.7. The topological polar surface area (TPSA) is 53.0 Å². The van der Waals surface area contributed by atoms with E-state index >= 15 is 0 Å². The van der Waals surface area contributed by atoms with Gasteiger partial charge in [0.25, 0.3) is 0 Å². The maximum absolute atomic E-state index is 11.4. The van der Waals surface area contributed by atoms with E-state index in [4.69, 9.17) is 0 Å². The van der Waals surface area contributed by atoms with Crippen LogP contribution in [0.1, 0.15) is 52.4 Å². The minimum absolute atomic E-state index is 0.192. The van der Waals surface area contributed by atoms with Crippen LogP contribution in [0.3, 0.4) is 0 Å². The molecule has 5 atom stereocenters. The molecule has 5 heteroatoms. The molecule has 1 aliphatic carbocycles. The van der Waals surface area contributed by atoms with E-state index in [1.807, 2.05) is 0 Å². The summed E-state index contributed by atoms with van der Waals surface area (Å²) < 4.78 is 0. The van der Waals surface area contributed by atoms with Crippen molar-refractivity contribution in [3.05, 3.63) is 5.21 Å². The van der Waals surface area contributed by atoms with Gasteiger partial charge in [-0.25, -0.2) is 0 Å². The molecule has 0 bridgehead atoms. The summed E-state index contributed by atoms with van der Waals surface area (Å²) in [5, 5.41) is 21.1. The standard InChI is InChI=1S/C16H30N3O2/c1-12-7-8-16-17(9-12)10-13(2)18(16)11-14-5-3-4-6-15(14)19(20)21/h12-16,20H,3-11H2,1-2H3/q-1. The molecule has 0 radical (unpaired) electrons. The molecule has 3 fully saturated rings. The molecular weight excluding hydrogens is 266 g/mol. The second-order valence-corrected chi connectivity index (χ2v) is 7.58. The van der Waals surface area contributed by atoms with Gasteiger partial charge < -0.3 is 10.4 Å². The first-order valence-corrected chi connectivity index (χ1v) is 8.71. The van der Waals surface area contributed by atoms with Crippen LogP contribution in [0.2, 0.25) is 0 Å². The summed E-state index contributed by atoms with van der Waals surface area (Å²) >= 11 is 0. The summed E-state index contributed by atoms with van der Waals surface area (Å²) in [6, 6.07) is 0.379. The Morgan fingerprint density at radius 3 is 2.62 bits per heavy atom. The average Bonchev–Trinajstić information content (AvgIpc) is 2.74. The summed E-state index contributed by atoms with van der Waals surface area (Å²) in [5.74, 6) is 1.13. The third kappa shape index (κ3) is 3.27. The highest BCUT2D eigenvalue weighted by molar-refractivity contribution is 4.94. The molecule has 2 aliphatic heterocycles. The van der Waals surface area contributed by atoms with Gasteiger partial charge in [-0.15, -0.1) is 0 Å². The molecule has 0 aromatic carbocycles. The predicted octanol–water partition coefficient (Wildman–Crippen LogP) is 2.50. The molecule has 1 saturated carbocycles. The summed E-state index contributed by atoms with van der Waals surface area (Å²) in [6.45, 7) is 8.01. The Morgan fingerprint density at radius 2 is 1.86 bits per heavy atom. The zero-order chi connectivity index (χ0) is 15.0. The first-order valence-electron chi connectivity index (χ1n) is 8.71. The van der Waals surface area contributed by atoms with Gasteiger partial charge in [0.05, 0.1) is 6.17 Å². The third-order valence-electron chi connectivity index (χ3n) is 5.93.